The van der Waals surface area contributed by atoms with Crippen LogP contribution in [0.5, 0.6) is 0 Å². The number of anilines is 1. The third-order valence-electron chi connectivity index (χ3n) is 4.92. The van der Waals surface area contributed by atoms with E-state index in [1.165, 1.54) is 35.8 Å². The van der Waals surface area contributed by atoms with Crippen molar-refractivity contribution < 1.29 is 14.3 Å². The van der Waals surface area contributed by atoms with Crippen molar-refractivity contribution in [2.45, 2.75) is 39.6 Å². The van der Waals surface area contributed by atoms with Gasteiger partial charge >= 0.3 is 5.97 Å². The van der Waals surface area contributed by atoms with Crippen molar-refractivity contribution in [2.75, 3.05) is 18.2 Å². The van der Waals surface area contributed by atoms with Crippen molar-refractivity contribution in [3.63, 3.8) is 0 Å². The molecule has 0 aliphatic rings. The fraction of sp³-hybridized carbons (Fsp3) is 0.318. The molecule has 152 valence electrons. The van der Waals surface area contributed by atoms with E-state index in [0.717, 1.165) is 37.5 Å². The number of thiophene rings is 1. The number of carbonyl (C=O) groups is 2. The number of benzene rings is 1. The van der Waals surface area contributed by atoms with Gasteiger partial charge in [0.25, 0.3) is 0 Å². The number of aromatic nitrogens is 1. The van der Waals surface area contributed by atoms with Gasteiger partial charge in [0.05, 0.1) is 23.9 Å². The first-order chi connectivity index (χ1) is 13.7. The van der Waals surface area contributed by atoms with E-state index in [-0.39, 0.29) is 11.7 Å². The molecule has 0 aliphatic carbocycles. The fourth-order valence-corrected chi connectivity index (χ4v) is 4.97. The summed E-state index contributed by atoms with van der Waals surface area (Å²) in [5.74, 6) is -0.405. The van der Waals surface area contributed by atoms with Gasteiger partial charge in [-0.15, -0.1) is 11.3 Å². The second-order valence-electron chi connectivity index (χ2n) is 7.02. The number of rotatable bonds is 5. The van der Waals surface area contributed by atoms with Gasteiger partial charge in [-0.2, -0.15) is 0 Å². The van der Waals surface area contributed by atoms with Gasteiger partial charge in [0.15, 0.2) is 0 Å². The first-order valence-electron chi connectivity index (χ1n) is 9.21. The van der Waals surface area contributed by atoms with E-state index in [4.69, 9.17) is 9.72 Å². The highest BCUT2D eigenvalue weighted by Crippen LogP contribution is 2.33. The Bertz CT molecular complexity index is 1120. The van der Waals surface area contributed by atoms with Crippen LogP contribution < -0.4 is 5.32 Å². The second-order valence-corrected chi connectivity index (χ2v) is 9.21. The lowest BCUT2D eigenvalue weighted by atomic mass is 10.0. The standard InChI is InChI=1S/C22H24N2O3S2/c1-11-7-8-12(2)19-16(11)9-13(3)20(24-19)28-10-17(25)23-21-18(22(26)27-6)14(4)15(5)29-21/h7-9H,10H2,1-6H3,(H,23,25). The van der Waals surface area contributed by atoms with E-state index >= 15 is 0 Å². The lowest BCUT2D eigenvalue weighted by molar-refractivity contribution is -0.113. The summed E-state index contributed by atoms with van der Waals surface area (Å²) < 4.78 is 4.86. The number of carbonyl (C=O) groups excluding carboxylic acids is 2. The minimum Gasteiger partial charge on any atom is -0.465 e. The summed E-state index contributed by atoms with van der Waals surface area (Å²) in [4.78, 5) is 30.4. The zero-order chi connectivity index (χ0) is 21.3. The molecule has 0 fully saturated rings. The third-order valence-corrected chi connectivity index (χ3v) is 7.13. The van der Waals surface area contributed by atoms with Gasteiger partial charge in [0.2, 0.25) is 5.91 Å². The molecule has 0 bridgehead atoms. The van der Waals surface area contributed by atoms with Gasteiger partial charge < -0.3 is 10.1 Å². The number of aryl methyl sites for hydroxylation is 4. The zero-order valence-corrected chi connectivity index (χ0v) is 19.1. The Morgan fingerprint density at radius 3 is 2.48 bits per heavy atom. The van der Waals surface area contributed by atoms with Crippen LogP contribution in [0.4, 0.5) is 5.00 Å². The molecule has 1 amide bonds. The SMILES string of the molecule is COC(=O)c1c(NC(=O)CSc2nc3c(C)ccc(C)c3cc2C)sc(C)c1C. The van der Waals surface area contributed by atoms with Gasteiger partial charge in [0.1, 0.15) is 10.0 Å². The summed E-state index contributed by atoms with van der Waals surface area (Å²) >= 11 is 2.79. The van der Waals surface area contributed by atoms with Crippen LogP contribution >= 0.6 is 23.1 Å². The molecule has 29 heavy (non-hydrogen) atoms. The molecule has 2 aromatic heterocycles. The first kappa shape index (κ1) is 21.3. The maximum Gasteiger partial charge on any atom is 0.341 e. The maximum atomic E-state index is 12.6. The summed E-state index contributed by atoms with van der Waals surface area (Å²) in [6.07, 6.45) is 0. The van der Waals surface area contributed by atoms with E-state index in [0.29, 0.717) is 10.6 Å². The van der Waals surface area contributed by atoms with E-state index < -0.39 is 5.97 Å². The van der Waals surface area contributed by atoms with Gasteiger partial charge in [0, 0.05) is 10.3 Å². The molecule has 1 N–H and O–H groups in total. The van der Waals surface area contributed by atoms with Crippen molar-refractivity contribution >= 4 is 50.9 Å². The molecule has 0 spiro atoms. The maximum absolute atomic E-state index is 12.6. The molecule has 0 radical (unpaired) electrons. The van der Waals surface area contributed by atoms with Gasteiger partial charge in [-0.25, -0.2) is 9.78 Å². The average molecular weight is 429 g/mol. The number of pyridine rings is 1. The lowest BCUT2D eigenvalue weighted by Crippen LogP contribution is -2.16. The molecule has 5 nitrogen and oxygen atoms in total. The normalized spacial score (nSPS) is 11.0. The molecule has 0 saturated carbocycles. The topological polar surface area (TPSA) is 68.3 Å². The molecule has 3 rings (SSSR count). The molecule has 0 saturated heterocycles. The molecule has 1 aromatic carbocycles. The van der Waals surface area contributed by atoms with Crippen LogP contribution in [0.1, 0.15) is 37.5 Å². The number of ether oxygens (including phenoxy) is 1. The molecular weight excluding hydrogens is 404 g/mol. The summed E-state index contributed by atoms with van der Waals surface area (Å²) in [6.45, 7) is 9.91. The van der Waals surface area contributed by atoms with Crippen molar-refractivity contribution in [1.29, 1.82) is 0 Å². The highest BCUT2D eigenvalue weighted by molar-refractivity contribution is 8.00. The summed E-state index contributed by atoms with van der Waals surface area (Å²) in [5.41, 5.74) is 5.58. The minimum absolute atomic E-state index is 0.177. The number of hydrogen-bond donors (Lipinski definition) is 1. The molecule has 0 aliphatic heterocycles. The summed E-state index contributed by atoms with van der Waals surface area (Å²) in [6, 6.07) is 6.30. The monoisotopic (exact) mass is 428 g/mol. The second kappa shape index (κ2) is 8.55. The number of methoxy groups -OCH3 is 1. The number of nitrogens with one attached hydrogen (secondary N) is 1. The van der Waals surface area contributed by atoms with E-state index in [9.17, 15) is 9.59 Å². The van der Waals surface area contributed by atoms with E-state index in [2.05, 4.69) is 30.4 Å². The van der Waals surface area contributed by atoms with Crippen molar-refractivity contribution in [2.24, 2.45) is 0 Å². The average Bonchev–Trinajstić information content (AvgIpc) is 2.96. The van der Waals surface area contributed by atoms with E-state index in [1.807, 2.05) is 27.7 Å². The highest BCUT2D eigenvalue weighted by atomic mass is 32.2. The van der Waals surface area contributed by atoms with Crippen LogP contribution in [0.2, 0.25) is 0 Å². The largest absolute Gasteiger partial charge is 0.465 e. The molecule has 7 heteroatoms. The predicted octanol–water partition coefficient (Wildman–Crippen LogP) is 5.36. The predicted molar refractivity (Wildman–Crippen MR) is 120 cm³/mol. The van der Waals surface area contributed by atoms with Crippen molar-refractivity contribution in [3.8, 4) is 0 Å². The van der Waals surface area contributed by atoms with Crippen LogP contribution in [-0.2, 0) is 9.53 Å². The van der Waals surface area contributed by atoms with Crippen molar-refractivity contribution in [1.82, 2.24) is 4.98 Å². The number of fused-ring (bicyclic) bond motifs is 1. The molecule has 3 aromatic rings. The number of nitrogens with zero attached hydrogens (tertiary/aromatic N) is 1. The fourth-order valence-electron chi connectivity index (χ4n) is 3.12. The highest BCUT2D eigenvalue weighted by Gasteiger charge is 2.21. The number of esters is 1. The summed E-state index contributed by atoms with van der Waals surface area (Å²) in [5, 5.41) is 5.38. The smallest absolute Gasteiger partial charge is 0.341 e. The quantitative estimate of drug-likeness (QED) is 0.438. The number of thioether (sulfide) groups is 1. The van der Waals surface area contributed by atoms with Crippen molar-refractivity contribution in [3.05, 3.63) is 50.9 Å². The van der Waals surface area contributed by atoms with Crippen LogP contribution in [-0.4, -0.2) is 29.7 Å². The van der Waals surface area contributed by atoms with Crippen LogP contribution in [0.3, 0.4) is 0 Å². The number of amides is 1. The summed E-state index contributed by atoms with van der Waals surface area (Å²) in [7, 11) is 1.34. The van der Waals surface area contributed by atoms with Crippen LogP contribution in [0.25, 0.3) is 10.9 Å². The minimum atomic E-state index is -0.437. The zero-order valence-electron chi connectivity index (χ0n) is 17.4. The lowest BCUT2D eigenvalue weighted by Gasteiger charge is -2.11. The Morgan fingerprint density at radius 2 is 1.79 bits per heavy atom. The Morgan fingerprint density at radius 1 is 1.10 bits per heavy atom. The van der Waals surface area contributed by atoms with Crippen LogP contribution in [0.15, 0.2) is 23.2 Å². The molecule has 0 atom stereocenters. The Kier molecular flexibility index (Phi) is 6.29. The Hall–Kier alpha value is -2.38. The number of hydrogen-bond acceptors (Lipinski definition) is 6. The molecule has 0 unspecified atom stereocenters. The van der Waals surface area contributed by atoms with Gasteiger partial charge in [-0.3, -0.25) is 4.79 Å². The molecular formula is C22H24N2O3S2. The Labute approximate surface area is 178 Å². The van der Waals surface area contributed by atoms with Gasteiger partial charge in [-0.1, -0.05) is 23.9 Å². The van der Waals surface area contributed by atoms with Crippen LogP contribution in [0, 0.1) is 34.6 Å². The van der Waals surface area contributed by atoms with Gasteiger partial charge in [-0.05, 0) is 62.9 Å². The van der Waals surface area contributed by atoms with E-state index in [1.54, 1.807) is 0 Å². The first-order valence-corrected chi connectivity index (χ1v) is 11.0. The third kappa shape index (κ3) is 4.31. The molecule has 2 heterocycles. The Balaban J connectivity index is 1.78.